The fourth-order valence-corrected chi connectivity index (χ4v) is 2.72. The molecule has 0 unspecified atom stereocenters. The zero-order chi connectivity index (χ0) is 18.7. The summed E-state index contributed by atoms with van der Waals surface area (Å²) in [4.78, 5) is 44.9. The number of imidazole rings is 1. The molecule has 0 saturated carbocycles. The van der Waals surface area contributed by atoms with Gasteiger partial charge >= 0.3 is 11.7 Å². The van der Waals surface area contributed by atoms with Gasteiger partial charge in [0.05, 0.1) is 12.9 Å². The number of carbonyl (C=O) groups excluding carboxylic acids is 1. The smallest absolute Gasteiger partial charge is 0.333 e. The van der Waals surface area contributed by atoms with Gasteiger partial charge in [0.25, 0.3) is 5.56 Å². The lowest BCUT2D eigenvalue weighted by Gasteiger charge is -2.09. The zero-order valence-electron chi connectivity index (χ0n) is 14.6. The van der Waals surface area contributed by atoms with Crippen LogP contribution in [0.4, 0.5) is 0 Å². The molecule has 0 aliphatic rings. The Bertz CT molecular complexity index is 1050. The largest absolute Gasteiger partial charge is 0.464 e. The van der Waals surface area contributed by atoms with Gasteiger partial charge in [0.1, 0.15) is 6.54 Å². The Morgan fingerprint density at radius 2 is 2.08 bits per heavy atom. The first-order valence-corrected chi connectivity index (χ1v) is 8.14. The number of carbonyl (C=O) groups is 1. The van der Waals surface area contributed by atoms with Gasteiger partial charge in [0, 0.05) is 26.5 Å². The molecule has 3 heterocycles. The first-order valence-electron chi connectivity index (χ1n) is 8.14. The Hall–Kier alpha value is -3.23. The number of pyridine rings is 1. The SMILES string of the molecule is Cn1cnc2c1c(=O)n(CC(=O)OCCCc1cccnc1)c(=O)n2C. The summed E-state index contributed by atoms with van der Waals surface area (Å²) < 4.78 is 8.78. The molecule has 0 bridgehead atoms. The second-order valence-corrected chi connectivity index (χ2v) is 5.95. The Kier molecular flexibility index (Phi) is 4.97. The second-order valence-electron chi connectivity index (χ2n) is 5.95. The molecule has 0 atom stereocenters. The van der Waals surface area contributed by atoms with Gasteiger partial charge in [0.15, 0.2) is 11.2 Å². The maximum atomic E-state index is 12.5. The minimum Gasteiger partial charge on any atom is -0.464 e. The van der Waals surface area contributed by atoms with E-state index in [2.05, 4.69) is 9.97 Å². The third-order valence-corrected chi connectivity index (χ3v) is 4.08. The molecule has 0 aliphatic heterocycles. The number of rotatable bonds is 6. The molecule has 136 valence electrons. The molecule has 3 aromatic heterocycles. The standard InChI is InChI=1S/C17H19N5O4/c1-20-11-19-15-14(20)16(24)22(17(25)21(15)2)10-13(23)26-8-4-6-12-5-3-7-18-9-12/h3,5,7,9,11H,4,6,8,10H2,1-2H3. The molecule has 9 nitrogen and oxygen atoms in total. The van der Waals surface area contributed by atoms with Gasteiger partial charge in [-0.1, -0.05) is 6.07 Å². The molecule has 0 saturated heterocycles. The summed E-state index contributed by atoms with van der Waals surface area (Å²) >= 11 is 0. The average molecular weight is 357 g/mol. The maximum Gasteiger partial charge on any atom is 0.333 e. The molecule has 0 amide bonds. The number of aromatic nitrogens is 5. The minimum absolute atomic E-state index is 0.205. The van der Waals surface area contributed by atoms with E-state index in [4.69, 9.17) is 4.74 Å². The predicted octanol–water partition coefficient (Wildman–Crippen LogP) is 0.00470. The second kappa shape index (κ2) is 7.34. The molecule has 3 aromatic rings. The van der Waals surface area contributed by atoms with Crippen molar-refractivity contribution in [3.05, 3.63) is 57.3 Å². The van der Waals surface area contributed by atoms with Crippen LogP contribution in [0.5, 0.6) is 0 Å². The van der Waals surface area contributed by atoms with E-state index < -0.39 is 23.8 Å². The molecular weight excluding hydrogens is 338 g/mol. The fourth-order valence-electron chi connectivity index (χ4n) is 2.72. The topological polar surface area (TPSA) is 101 Å². The highest BCUT2D eigenvalue weighted by molar-refractivity contribution is 5.72. The molecule has 0 aliphatic carbocycles. The van der Waals surface area contributed by atoms with E-state index in [0.717, 1.165) is 16.6 Å². The van der Waals surface area contributed by atoms with Crippen molar-refractivity contribution in [2.75, 3.05) is 6.61 Å². The third-order valence-electron chi connectivity index (χ3n) is 4.08. The Labute approximate surface area is 148 Å². The van der Waals surface area contributed by atoms with Crippen LogP contribution >= 0.6 is 0 Å². The molecule has 9 heteroatoms. The van der Waals surface area contributed by atoms with E-state index in [0.29, 0.717) is 6.42 Å². The van der Waals surface area contributed by atoms with E-state index in [9.17, 15) is 14.4 Å². The monoisotopic (exact) mass is 357 g/mol. The molecule has 0 spiro atoms. The highest BCUT2D eigenvalue weighted by atomic mass is 16.5. The summed E-state index contributed by atoms with van der Waals surface area (Å²) in [5, 5.41) is 0. The van der Waals surface area contributed by atoms with Crippen LogP contribution < -0.4 is 11.2 Å². The van der Waals surface area contributed by atoms with Crippen LogP contribution in [0, 0.1) is 0 Å². The van der Waals surface area contributed by atoms with E-state index in [1.165, 1.54) is 22.5 Å². The van der Waals surface area contributed by atoms with E-state index in [-0.39, 0.29) is 17.8 Å². The van der Waals surface area contributed by atoms with Gasteiger partial charge in [-0.2, -0.15) is 0 Å². The van der Waals surface area contributed by atoms with Crippen LogP contribution in [-0.2, 0) is 36.6 Å². The van der Waals surface area contributed by atoms with Crippen molar-refractivity contribution in [1.82, 2.24) is 23.7 Å². The average Bonchev–Trinajstić information content (AvgIpc) is 3.03. The molecule has 0 N–H and O–H groups in total. The highest BCUT2D eigenvalue weighted by Gasteiger charge is 2.17. The molecule has 0 aromatic carbocycles. The van der Waals surface area contributed by atoms with Crippen LogP contribution in [0.2, 0.25) is 0 Å². The quantitative estimate of drug-likeness (QED) is 0.455. The predicted molar refractivity (Wildman–Crippen MR) is 93.7 cm³/mol. The van der Waals surface area contributed by atoms with Crippen molar-refractivity contribution in [2.45, 2.75) is 19.4 Å². The van der Waals surface area contributed by atoms with Gasteiger partial charge in [0.2, 0.25) is 0 Å². The molecule has 3 rings (SSSR count). The Balaban J connectivity index is 1.67. The molecule has 0 radical (unpaired) electrons. The third kappa shape index (κ3) is 3.41. The lowest BCUT2D eigenvalue weighted by atomic mass is 10.2. The van der Waals surface area contributed by atoms with Gasteiger partial charge < -0.3 is 9.30 Å². The molecule has 0 fully saturated rings. The van der Waals surface area contributed by atoms with Gasteiger partial charge in [-0.25, -0.2) is 14.3 Å². The number of hydrogen-bond acceptors (Lipinski definition) is 6. The van der Waals surface area contributed by atoms with E-state index in [1.807, 2.05) is 12.1 Å². The first-order chi connectivity index (χ1) is 12.5. The van der Waals surface area contributed by atoms with Crippen LogP contribution in [0.25, 0.3) is 11.2 Å². The van der Waals surface area contributed by atoms with Crippen molar-refractivity contribution in [3.8, 4) is 0 Å². The van der Waals surface area contributed by atoms with Crippen molar-refractivity contribution in [2.24, 2.45) is 14.1 Å². The minimum atomic E-state index is -0.628. The lowest BCUT2D eigenvalue weighted by molar-refractivity contribution is -0.144. The van der Waals surface area contributed by atoms with Crippen LogP contribution in [-0.4, -0.2) is 36.2 Å². The summed E-state index contributed by atoms with van der Waals surface area (Å²) in [6.45, 7) is -0.226. The van der Waals surface area contributed by atoms with Crippen LogP contribution in [0.1, 0.15) is 12.0 Å². The number of aryl methyl sites for hydroxylation is 3. The molecule has 26 heavy (non-hydrogen) atoms. The Morgan fingerprint density at radius 3 is 2.81 bits per heavy atom. The summed E-state index contributed by atoms with van der Waals surface area (Å²) in [6, 6.07) is 3.79. The fraction of sp³-hybridized carbons (Fsp3) is 0.353. The number of fused-ring (bicyclic) bond motifs is 1. The lowest BCUT2D eigenvalue weighted by Crippen LogP contribution is -2.41. The van der Waals surface area contributed by atoms with Crippen LogP contribution in [0.3, 0.4) is 0 Å². The summed E-state index contributed by atoms with van der Waals surface area (Å²) in [5.74, 6) is -0.628. The van der Waals surface area contributed by atoms with Crippen LogP contribution in [0.15, 0.2) is 40.4 Å². The summed E-state index contributed by atoms with van der Waals surface area (Å²) in [6.07, 6.45) is 6.26. The zero-order valence-corrected chi connectivity index (χ0v) is 14.6. The highest BCUT2D eigenvalue weighted by Crippen LogP contribution is 2.03. The summed E-state index contributed by atoms with van der Waals surface area (Å²) in [7, 11) is 3.16. The first kappa shape index (κ1) is 17.6. The number of hydrogen-bond donors (Lipinski definition) is 0. The van der Waals surface area contributed by atoms with Gasteiger partial charge in [-0.15, -0.1) is 0 Å². The van der Waals surface area contributed by atoms with Gasteiger partial charge in [-0.3, -0.25) is 19.1 Å². The van der Waals surface area contributed by atoms with Gasteiger partial charge in [-0.05, 0) is 24.5 Å². The number of nitrogens with zero attached hydrogens (tertiary/aromatic N) is 5. The van der Waals surface area contributed by atoms with E-state index >= 15 is 0 Å². The van der Waals surface area contributed by atoms with Crippen molar-refractivity contribution in [1.29, 1.82) is 0 Å². The maximum absolute atomic E-state index is 12.5. The summed E-state index contributed by atoms with van der Waals surface area (Å²) in [5.41, 5.74) is 0.430. The van der Waals surface area contributed by atoms with Crippen molar-refractivity contribution >= 4 is 17.1 Å². The normalized spacial score (nSPS) is 11.0. The molecular formula is C17H19N5O4. The Morgan fingerprint density at radius 1 is 1.27 bits per heavy atom. The number of ether oxygens (including phenoxy) is 1. The van der Waals surface area contributed by atoms with E-state index in [1.54, 1.807) is 19.4 Å². The van der Waals surface area contributed by atoms with Crippen molar-refractivity contribution < 1.29 is 9.53 Å². The van der Waals surface area contributed by atoms with Crippen molar-refractivity contribution in [3.63, 3.8) is 0 Å². The number of esters is 1.